The fraction of sp³-hybridized carbons (Fsp3) is 0.312. The molecule has 0 bridgehead atoms. The number of nitrogens with one attached hydrogen (secondary N) is 1. The Labute approximate surface area is 117 Å². The van der Waals surface area contributed by atoms with Crippen molar-refractivity contribution in [3.8, 4) is 0 Å². The summed E-state index contributed by atoms with van der Waals surface area (Å²) in [5, 5.41) is 14.4. The number of carboxylic acids is 1. The molecule has 2 aromatic rings. The fourth-order valence-corrected chi connectivity index (χ4v) is 2.73. The van der Waals surface area contributed by atoms with E-state index in [1.807, 2.05) is 30.3 Å². The molecule has 1 aliphatic rings. The van der Waals surface area contributed by atoms with Gasteiger partial charge in [0.05, 0.1) is 17.7 Å². The Bertz CT molecular complexity index is 653. The van der Waals surface area contributed by atoms with Crippen LogP contribution in [0.3, 0.4) is 0 Å². The Morgan fingerprint density at radius 3 is 2.65 bits per heavy atom. The van der Waals surface area contributed by atoms with Gasteiger partial charge >= 0.3 is 5.97 Å². The van der Waals surface area contributed by atoms with Crippen molar-refractivity contribution in [1.82, 2.24) is 0 Å². The molecule has 2 unspecified atom stereocenters. The molecule has 0 saturated carbocycles. The van der Waals surface area contributed by atoms with Crippen molar-refractivity contribution < 1.29 is 14.6 Å². The van der Waals surface area contributed by atoms with Gasteiger partial charge in [0.15, 0.2) is 0 Å². The molecule has 1 fully saturated rings. The maximum atomic E-state index is 11.3. The molecule has 1 aliphatic heterocycles. The molecule has 0 radical (unpaired) electrons. The van der Waals surface area contributed by atoms with Crippen molar-refractivity contribution in [3.63, 3.8) is 0 Å². The van der Waals surface area contributed by atoms with E-state index in [-0.39, 0.29) is 12.1 Å². The van der Waals surface area contributed by atoms with Gasteiger partial charge in [-0.15, -0.1) is 0 Å². The number of hydrogen-bond acceptors (Lipinski definition) is 3. The Kier molecular flexibility index (Phi) is 3.32. The maximum absolute atomic E-state index is 11.3. The number of benzene rings is 2. The minimum absolute atomic E-state index is 0.174. The average Bonchev–Trinajstić information content (AvgIpc) is 2.84. The highest BCUT2D eigenvalue weighted by Crippen LogP contribution is 2.29. The van der Waals surface area contributed by atoms with Gasteiger partial charge in [-0.1, -0.05) is 24.3 Å². The van der Waals surface area contributed by atoms with E-state index in [0.717, 1.165) is 29.5 Å². The third kappa shape index (κ3) is 2.23. The molecule has 2 N–H and O–H groups in total. The fourth-order valence-electron chi connectivity index (χ4n) is 2.73. The summed E-state index contributed by atoms with van der Waals surface area (Å²) in [6.07, 6.45) is 1.14. The number of hydrogen-bond donors (Lipinski definition) is 2. The third-order valence-corrected chi connectivity index (χ3v) is 3.87. The van der Waals surface area contributed by atoms with E-state index in [2.05, 4.69) is 12.2 Å². The maximum Gasteiger partial charge on any atom is 0.336 e. The number of carbonyl (C=O) groups is 1. The van der Waals surface area contributed by atoms with E-state index in [1.165, 1.54) is 0 Å². The summed E-state index contributed by atoms with van der Waals surface area (Å²) in [4.78, 5) is 11.3. The second-order valence-corrected chi connectivity index (χ2v) is 5.13. The van der Waals surface area contributed by atoms with Crippen LogP contribution in [0.5, 0.6) is 0 Å². The van der Waals surface area contributed by atoms with E-state index < -0.39 is 5.97 Å². The van der Waals surface area contributed by atoms with Crippen LogP contribution in [-0.2, 0) is 4.74 Å². The van der Waals surface area contributed by atoms with Gasteiger partial charge in [0, 0.05) is 17.7 Å². The van der Waals surface area contributed by atoms with E-state index >= 15 is 0 Å². The van der Waals surface area contributed by atoms with Crippen LogP contribution in [0, 0.1) is 0 Å². The van der Waals surface area contributed by atoms with Crippen molar-refractivity contribution in [2.45, 2.75) is 25.5 Å². The molecule has 3 rings (SSSR count). The smallest absolute Gasteiger partial charge is 0.336 e. The van der Waals surface area contributed by atoms with Crippen LogP contribution in [0.1, 0.15) is 23.7 Å². The second-order valence-electron chi connectivity index (χ2n) is 5.13. The van der Waals surface area contributed by atoms with Crippen LogP contribution in [0.25, 0.3) is 10.8 Å². The summed E-state index contributed by atoms with van der Waals surface area (Å²) in [7, 11) is 0. The van der Waals surface area contributed by atoms with Gasteiger partial charge in [-0.2, -0.15) is 0 Å². The lowest BCUT2D eigenvalue weighted by Gasteiger charge is -2.19. The van der Waals surface area contributed by atoms with Crippen LogP contribution in [-0.4, -0.2) is 29.8 Å². The standard InChI is InChI=1S/C16H17NO3/c1-10-14(8-9-20-10)17-15-7-6-13(16(18)19)11-4-2-3-5-12(11)15/h2-7,10,14,17H,8-9H2,1H3,(H,18,19). The molecule has 1 saturated heterocycles. The molecule has 104 valence electrons. The van der Waals surface area contributed by atoms with Gasteiger partial charge in [-0.05, 0) is 30.9 Å². The van der Waals surface area contributed by atoms with Gasteiger partial charge in [0.1, 0.15) is 0 Å². The predicted octanol–water partition coefficient (Wildman–Crippen LogP) is 3.13. The molecule has 2 aromatic carbocycles. The van der Waals surface area contributed by atoms with Crippen molar-refractivity contribution in [2.24, 2.45) is 0 Å². The van der Waals surface area contributed by atoms with Crippen LogP contribution >= 0.6 is 0 Å². The zero-order valence-electron chi connectivity index (χ0n) is 11.3. The first kappa shape index (κ1) is 12.9. The number of aromatic carboxylic acids is 1. The molecule has 1 heterocycles. The number of carboxylic acid groups (broad SMARTS) is 1. The first-order valence-corrected chi connectivity index (χ1v) is 6.80. The highest BCUT2D eigenvalue weighted by molar-refractivity contribution is 6.07. The molecule has 4 heteroatoms. The Hall–Kier alpha value is -2.07. The molecule has 0 aliphatic carbocycles. The summed E-state index contributed by atoms with van der Waals surface area (Å²) in [6, 6.07) is 11.4. The molecular weight excluding hydrogens is 254 g/mol. The Balaban J connectivity index is 2.04. The highest BCUT2D eigenvalue weighted by atomic mass is 16.5. The van der Waals surface area contributed by atoms with Crippen molar-refractivity contribution in [3.05, 3.63) is 42.0 Å². The third-order valence-electron chi connectivity index (χ3n) is 3.87. The van der Waals surface area contributed by atoms with Gasteiger partial charge in [-0.3, -0.25) is 0 Å². The summed E-state index contributed by atoms with van der Waals surface area (Å²) >= 11 is 0. The number of anilines is 1. The van der Waals surface area contributed by atoms with Crippen LogP contribution in [0.2, 0.25) is 0 Å². The van der Waals surface area contributed by atoms with Crippen molar-refractivity contribution in [2.75, 3.05) is 11.9 Å². The SMILES string of the molecule is CC1OCCC1Nc1ccc(C(=O)O)c2ccccc12. The largest absolute Gasteiger partial charge is 0.478 e. The quantitative estimate of drug-likeness (QED) is 0.900. The van der Waals surface area contributed by atoms with E-state index in [0.29, 0.717) is 5.56 Å². The van der Waals surface area contributed by atoms with Crippen LogP contribution in [0.15, 0.2) is 36.4 Å². The Morgan fingerprint density at radius 2 is 2.00 bits per heavy atom. The normalized spacial score (nSPS) is 22.1. The van der Waals surface area contributed by atoms with Crippen LogP contribution < -0.4 is 5.32 Å². The molecular formula is C16H17NO3. The molecule has 0 spiro atoms. The van der Waals surface area contributed by atoms with Crippen LogP contribution in [0.4, 0.5) is 5.69 Å². The Morgan fingerprint density at radius 1 is 1.25 bits per heavy atom. The summed E-state index contributed by atoms with van der Waals surface area (Å²) < 4.78 is 5.56. The molecule has 20 heavy (non-hydrogen) atoms. The summed E-state index contributed by atoms with van der Waals surface area (Å²) in [5.74, 6) is -0.898. The monoisotopic (exact) mass is 271 g/mol. The first-order chi connectivity index (χ1) is 9.66. The molecule has 0 amide bonds. The minimum Gasteiger partial charge on any atom is -0.478 e. The molecule has 4 nitrogen and oxygen atoms in total. The number of ether oxygens (including phenoxy) is 1. The van der Waals surface area contributed by atoms with E-state index in [1.54, 1.807) is 6.07 Å². The van der Waals surface area contributed by atoms with E-state index in [4.69, 9.17) is 4.74 Å². The highest BCUT2D eigenvalue weighted by Gasteiger charge is 2.24. The topological polar surface area (TPSA) is 58.6 Å². The van der Waals surface area contributed by atoms with Crippen molar-refractivity contribution in [1.29, 1.82) is 0 Å². The van der Waals surface area contributed by atoms with Gasteiger partial charge in [-0.25, -0.2) is 4.79 Å². The van der Waals surface area contributed by atoms with E-state index in [9.17, 15) is 9.90 Å². The first-order valence-electron chi connectivity index (χ1n) is 6.80. The van der Waals surface area contributed by atoms with Gasteiger partial charge in [0.25, 0.3) is 0 Å². The summed E-state index contributed by atoms with van der Waals surface area (Å²) in [6.45, 7) is 2.82. The molecule has 2 atom stereocenters. The molecule has 0 aromatic heterocycles. The lowest BCUT2D eigenvalue weighted by molar-refractivity contribution is 0.0699. The lowest BCUT2D eigenvalue weighted by Crippen LogP contribution is -2.26. The lowest BCUT2D eigenvalue weighted by atomic mass is 10.0. The summed E-state index contributed by atoms with van der Waals surface area (Å²) in [5.41, 5.74) is 1.30. The van der Waals surface area contributed by atoms with Gasteiger partial charge in [0.2, 0.25) is 0 Å². The zero-order valence-corrected chi connectivity index (χ0v) is 11.3. The zero-order chi connectivity index (χ0) is 14.1. The second kappa shape index (κ2) is 5.13. The number of rotatable bonds is 3. The predicted molar refractivity (Wildman–Crippen MR) is 78.3 cm³/mol. The average molecular weight is 271 g/mol. The van der Waals surface area contributed by atoms with Gasteiger partial charge < -0.3 is 15.2 Å². The number of fused-ring (bicyclic) bond motifs is 1. The minimum atomic E-state index is -0.898. The van der Waals surface area contributed by atoms with Crippen molar-refractivity contribution >= 4 is 22.4 Å².